The number of hydrogen-bond donors (Lipinski definition) is 0. The monoisotopic (exact) mass is 934 g/mol. The van der Waals surface area contributed by atoms with Crippen LogP contribution in [0.3, 0.4) is 0 Å². The molecule has 10 aliphatic rings. The van der Waals surface area contributed by atoms with Gasteiger partial charge in [-0.25, -0.2) is 0 Å². The Morgan fingerprint density at radius 2 is 0.877 bits per heavy atom. The summed E-state index contributed by atoms with van der Waals surface area (Å²) in [7, 11) is 0. The van der Waals surface area contributed by atoms with Crippen LogP contribution in [-0.4, -0.2) is 73.6 Å². The van der Waals surface area contributed by atoms with Gasteiger partial charge in [0.15, 0.2) is 0 Å². The number of rotatable bonds is 5. The van der Waals surface area contributed by atoms with Crippen molar-refractivity contribution in [2.45, 2.75) is 126 Å². The fourth-order valence-electron chi connectivity index (χ4n) is 12.1. The van der Waals surface area contributed by atoms with Crippen LogP contribution in [0.15, 0.2) is 24.3 Å². The molecule has 4 unspecified atom stereocenters. The van der Waals surface area contributed by atoms with Gasteiger partial charge in [-0.15, -0.1) is 0 Å². The number of benzene rings is 1. The predicted octanol–water partition coefficient (Wildman–Crippen LogP) is 9.26. The average Bonchev–Trinajstić information content (AvgIpc) is 3.28. The van der Waals surface area contributed by atoms with E-state index in [0.29, 0.717) is 42.1 Å². The number of halogens is 9. The van der Waals surface area contributed by atoms with E-state index in [1.165, 1.54) is 0 Å². The van der Waals surface area contributed by atoms with Crippen LogP contribution in [0.1, 0.15) is 90.5 Å². The zero-order chi connectivity index (χ0) is 40.8. The molecule has 8 bridgehead atoms. The Bertz CT molecular complexity index is 1630. The fourth-order valence-corrected chi connectivity index (χ4v) is 15.3. The third-order valence-corrected chi connectivity index (χ3v) is 18.0. The second kappa shape index (κ2) is 12.8. The van der Waals surface area contributed by atoms with Crippen molar-refractivity contribution in [3.05, 3.63) is 33.4 Å². The van der Waals surface area contributed by atoms with Gasteiger partial charge in [-0.3, -0.25) is 0 Å². The maximum atomic E-state index is 14.6. The number of ether oxygens (including phenoxy) is 4. The Kier molecular flexibility index (Phi) is 9.15. The summed E-state index contributed by atoms with van der Waals surface area (Å²) in [5.41, 5.74) is -1.45. The van der Waals surface area contributed by atoms with Crippen molar-refractivity contribution in [1.29, 1.82) is 0 Å². The van der Waals surface area contributed by atoms with Crippen molar-refractivity contribution in [3.63, 3.8) is 0 Å². The molecule has 2 spiro atoms. The van der Waals surface area contributed by atoms with Crippen LogP contribution < -0.4 is 0 Å². The summed E-state index contributed by atoms with van der Waals surface area (Å²) in [6.45, 7) is 0.0780. The molecule has 8 saturated carbocycles. The summed E-state index contributed by atoms with van der Waals surface area (Å²) in [6, 6.07) is 7.30. The Balaban J connectivity index is 0.974. The quantitative estimate of drug-likeness (QED) is 0.214. The first-order valence-electron chi connectivity index (χ1n) is 19.8. The summed E-state index contributed by atoms with van der Waals surface area (Å²) >= 11 is -3.68. The molecular weight excluding hydrogens is 887 g/mol. The molecule has 8 aliphatic carbocycles. The van der Waals surface area contributed by atoms with E-state index in [1.54, 1.807) is 12.1 Å². The number of hydrogen-bond acceptors (Lipinski definition) is 8. The minimum atomic E-state index is -4.43. The van der Waals surface area contributed by atoms with E-state index in [2.05, 4.69) is 0 Å². The first-order valence-corrected chi connectivity index (χ1v) is 22.6. The zero-order valence-electron chi connectivity index (χ0n) is 31.8. The molecule has 8 nitrogen and oxygen atoms in total. The van der Waals surface area contributed by atoms with E-state index in [0.717, 1.165) is 5.56 Å². The van der Waals surface area contributed by atoms with Crippen molar-refractivity contribution < 1.29 is 69.8 Å². The molecular formula is C40H47F8IO8. The molecule has 0 radical (unpaired) electrons. The Hall–Kier alpha value is -1.83. The Morgan fingerprint density at radius 3 is 1.18 bits per heavy atom. The molecule has 0 aromatic heterocycles. The molecule has 1 aromatic carbocycles. The molecule has 318 valence electrons. The first kappa shape index (κ1) is 40.6. The van der Waals surface area contributed by atoms with Crippen molar-refractivity contribution in [3.8, 4) is 0 Å². The normalized spacial score (nSPS) is 40.0. The van der Waals surface area contributed by atoms with Crippen molar-refractivity contribution in [2.75, 3.05) is 26.4 Å². The summed E-state index contributed by atoms with van der Waals surface area (Å²) < 4.78 is 151. The molecule has 4 atom stereocenters. The van der Waals surface area contributed by atoms with Gasteiger partial charge in [0.05, 0.1) is 0 Å². The molecule has 2 heterocycles. The van der Waals surface area contributed by atoms with Gasteiger partial charge in [0, 0.05) is 0 Å². The van der Waals surface area contributed by atoms with Gasteiger partial charge in [-0.2, -0.15) is 0 Å². The molecule has 17 heteroatoms. The van der Waals surface area contributed by atoms with E-state index in [1.807, 2.05) is 32.9 Å². The maximum absolute atomic E-state index is 14.6. The van der Waals surface area contributed by atoms with Gasteiger partial charge in [-0.05, 0) is 0 Å². The fraction of sp³-hybridized carbons (Fsp3) is 0.800. The molecule has 2 saturated heterocycles. The van der Waals surface area contributed by atoms with Gasteiger partial charge >= 0.3 is 334 Å². The minimum absolute atomic E-state index is 0.0271. The molecule has 0 N–H and O–H groups in total. The molecule has 10 fully saturated rings. The van der Waals surface area contributed by atoms with E-state index < -0.39 is 129 Å². The molecule has 57 heavy (non-hydrogen) atoms. The van der Waals surface area contributed by atoms with Crippen LogP contribution in [0.25, 0.3) is 0 Å². The average molecular weight is 935 g/mol. The van der Waals surface area contributed by atoms with Crippen molar-refractivity contribution >= 4 is 32.6 Å². The third-order valence-electron chi connectivity index (χ3n) is 14.7. The van der Waals surface area contributed by atoms with Crippen LogP contribution in [0.2, 0.25) is 0 Å². The number of carbonyl (C=O) groups excluding carboxylic acids is 2. The summed E-state index contributed by atoms with van der Waals surface area (Å²) in [5.74, 6) is -24.8. The SMILES string of the molecule is CC(C)(C)c1ccc(I(OC(=O)C23CC4CC(C2)C2(OCC(F)(F)C(F)(F)CO2)C(C4)C3)OC(=O)C23CC4CC(C2)C2(OCC(F)(F)C(F)(F)CO2)C(C4)C3)cc1. The first-order chi connectivity index (χ1) is 26.4. The van der Waals surface area contributed by atoms with Crippen molar-refractivity contribution in [2.24, 2.45) is 46.3 Å². The van der Waals surface area contributed by atoms with Crippen LogP contribution in [0.5, 0.6) is 0 Å². The summed E-state index contributed by atoms with van der Waals surface area (Å²) in [4.78, 5) is 29.1. The van der Waals surface area contributed by atoms with Gasteiger partial charge < -0.3 is 0 Å². The van der Waals surface area contributed by atoms with Crippen molar-refractivity contribution in [1.82, 2.24) is 0 Å². The van der Waals surface area contributed by atoms with Crippen LogP contribution in [0, 0.1) is 49.9 Å². The second-order valence-electron chi connectivity index (χ2n) is 19.4. The summed E-state index contributed by atoms with van der Waals surface area (Å²) in [6.07, 6.45) is 3.06. The second-order valence-corrected chi connectivity index (χ2v) is 22.7. The molecule has 0 amide bonds. The van der Waals surface area contributed by atoms with Crippen LogP contribution in [-0.2, 0) is 40.1 Å². The number of alkyl halides is 8. The van der Waals surface area contributed by atoms with Gasteiger partial charge in [0.2, 0.25) is 0 Å². The Labute approximate surface area is 333 Å². The zero-order valence-corrected chi connectivity index (χ0v) is 34.0. The molecule has 2 aliphatic heterocycles. The van der Waals surface area contributed by atoms with Gasteiger partial charge in [0.25, 0.3) is 0 Å². The Morgan fingerprint density at radius 1 is 0.561 bits per heavy atom. The standard InChI is InChI=1S/C40H47F8IO8/c1-32(2,3)24-4-6-29(7-5-24)49(56-30(50)33-12-22-8-25(14-33)39(26(9-22)15-33)52-18-35(41,42)36(43,44)19-53-39)57-31(51)34-13-23-10-27(16-34)40(28(11-23)17-34)54-20-37(45,46)38(47,48)21-55-40/h4-7,22-23,25-28H,8-21H2,1-3H3. The molecule has 11 rings (SSSR count). The topological polar surface area (TPSA) is 89.5 Å². The van der Waals surface area contributed by atoms with Crippen LogP contribution >= 0.6 is 20.6 Å². The van der Waals surface area contributed by atoms with E-state index in [4.69, 9.17) is 25.1 Å². The van der Waals surface area contributed by atoms with Crippen LogP contribution in [0.4, 0.5) is 35.1 Å². The number of carbonyl (C=O) groups is 2. The van der Waals surface area contributed by atoms with Gasteiger partial charge in [-0.1, -0.05) is 0 Å². The predicted molar refractivity (Wildman–Crippen MR) is 191 cm³/mol. The van der Waals surface area contributed by atoms with E-state index in [9.17, 15) is 44.7 Å². The molecule has 1 aromatic rings. The third kappa shape index (κ3) is 6.20. The van der Waals surface area contributed by atoms with E-state index >= 15 is 0 Å². The summed E-state index contributed by atoms with van der Waals surface area (Å²) in [5, 5.41) is 0. The van der Waals surface area contributed by atoms with E-state index in [-0.39, 0.29) is 42.9 Å². The van der Waals surface area contributed by atoms with Gasteiger partial charge in [0.1, 0.15) is 0 Å².